The molecule has 3 rings (SSSR count). The van der Waals surface area contributed by atoms with Gasteiger partial charge in [-0.25, -0.2) is 4.68 Å². The summed E-state index contributed by atoms with van der Waals surface area (Å²) in [5, 5.41) is 9.27. The van der Waals surface area contributed by atoms with E-state index < -0.39 is 0 Å². The highest BCUT2D eigenvalue weighted by Crippen LogP contribution is 2.31. The molecule has 0 aliphatic heterocycles. The van der Waals surface area contributed by atoms with Crippen LogP contribution in [0.1, 0.15) is 5.56 Å². The average molecular weight is 374 g/mol. The number of rotatable bonds is 5. The smallest absolute Gasteiger partial charge is 0.161 e. The summed E-state index contributed by atoms with van der Waals surface area (Å²) in [5.74, 6) is 1.36. The molecule has 0 spiro atoms. The summed E-state index contributed by atoms with van der Waals surface area (Å²) in [6.07, 6.45) is 1.91. The van der Waals surface area contributed by atoms with Gasteiger partial charge in [0.2, 0.25) is 0 Å². The lowest BCUT2D eigenvalue weighted by molar-refractivity contribution is 0.355. The normalized spacial score (nSPS) is 10.6. The molecule has 2 aromatic carbocycles. The lowest BCUT2D eigenvalue weighted by Gasteiger charge is -2.08. The summed E-state index contributed by atoms with van der Waals surface area (Å²) in [6.45, 7) is 0. The Morgan fingerprint density at radius 3 is 2.57 bits per heavy atom. The Hall–Kier alpha value is -2.34. The Morgan fingerprint density at radius 1 is 1.04 bits per heavy atom. The minimum absolute atomic E-state index is 0.667. The quantitative estimate of drug-likeness (QED) is 0.637. The van der Waals surface area contributed by atoms with Crippen molar-refractivity contribution in [2.75, 3.05) is 14.2 Å². The fourth-order valence-electron chi connectivity index (χ4n) is 2.36. The molecule has 0 atom stereocenters. The molecule has 118 valence electrons. The van der Waals surface area contributed by atoms with E-state index in [0.29, 0.717) is 11.5 Å². The second kappa shape index (κ2) is 6.83. The second-order valence-electron chi connectivity index (χ2n) is 4.88. The molecule has 1 aromatic heterocycles. The van der Waals surface area contributed by atoms with Crippen LogP contribution in [0.25, 0.3) is 16.9 Å². The van der Waals surface area contributed by atoms with Gasteiger partial charge >= 0.3 is 0 Å². The number of alkyl halides is 1. The summed E-state index contributed by atoms with van der Waals surface area (Å²) in [6, 6.07) is 13.8. The zero-order valence-electron chi connectivity index (χ0n) is 12.9. The number of aromatic nitrogens is 3. The maximum atomic E-state index is 5.34. The predicted molar refractivity (Wildman–Crippen MR) is 92.5 cm³/mol. The van der Waals surface area contributed by atoms with Crippen molar-refractivity contribution < 1.29 is 9.47 Å². The van der Waals surface area contributed by atoms with Crippen LogP contribution in [0.5, 0.6) is 11.5 Å². The fraction of sp³-hybridized carbons (Fsp3) is 0.176. The van der Waals surface area contributed by atoms with E-state index in [1.54, 1.807) is 18.9 Å². The lowest BCUT2D eigenvalue weighted by Crippen LogP contribution is -1.98. The van der Waals surface area contributed by atoms with Gasteiger partial charge in [0.25, 0.3) is 0 Å². The highest BCUT2D eigenvalue weighted by molar-refractivity contribution is 9.08. The Bertz CT molecular complexity index is 817. The molecule has 0 bridgehead atoms. The van der Waals surface area contributed by atoms with Gasteiger partial charge in [-0.3, -0.25) is 0 Å². The zero-order chi connectivity index (χ0) is 16.2. The van der Waals surface area contributed by atoms with E-state index in [4.69, 9.17) is 9.47 Å². The van der Waals surface area contributed by atoms with Crippen LogP contribution in [-0.4, -0.2) is 29.2 Å². The van der Waals surface area contributed by atoms with Crippen LogP contribution >= 0.6 is 15.9 Å². The van der Waals surface area contributed by atoms with E-state index in [-0.39, 0.29) is 0 Å². The molecule has 0 saturated carbocycles. The van der Waals surface area contributed by atoms with Gasteiger partial charge in [0.05, 0.1) is 26.1 Å². The SMILES string of the molecule is COc1ccc(-c2cn(-c3ccccc3CBr)nn2)cc1OC. The van der Waals surface area contributed by atoms with E-state index in [1.165, 1.54) is 0 Å². The van der Waals surface area contributed by atoms with Gasteiger partial charge < -0.3 is 9.47 Å². The number of methoxy groups -OCH3 is 2. The van der Waals surface area contributed by atoms with Crippen molar-refractivity contribution in [3.8, 4) is 28.4 Å². The molecule has 0 N–H and O–H groups in total. The highest BCUT2D eigenvalue weighted by Gasteiger charge is 2.11. The number of benzene rings is 2. The van der Waals surface area contributed by atoms with Crippen molar-refractivity contribution >= 4 is 15.9 Å². The number of para-hydroxylation sites is 1. The van der Waals surface area contributed by atoms with Crippen molar-refractivity contribution in [1.82, 2.24) is 15.0 Å². The molecule has 0 aliphatic rings. The first-order chi connectivity index (χ1) is 11.3. The van der Waals surface area contributed by atoms with Crippen molar-refractivity contribution in [3.05, 3.63) is 54.2 Å². The van der Waals surface area contributed by atoms with E-state index in [9.17, 15) is 0 Å². The molecule has 23 heavy (non-hydrogen) atoms. The van der Waals surface area contributed by atoms with E-state index in [1.807, 2.05) is 42.6 Å². The number of ether oxygens (including phenoxy) is 2. The second-order valence-corrected chi connectivity index (χ2v) is 5.44. The van der Waals surface area contributed by atoms with Crippen LogP contribution in [0.3, 0.4) is 0 Å². The van der Waals surface area contributed by atoms with Crippen LogP contribution in [0.4, 0.5) is 0 Å². The molecule has 5 nitrogen and oxygen atoms in total. The van der Waals surface area contributed by atoms with Gasteiger partial charge in [0, 0.05) is 10.9 Å². The van der Waals surface area contributed by atoms with Gasteiger partial charge in [-0.05, 0) is 29.8 Å². The first kappa shape index (κ1) is 15.6. The first-order valence-electron chi connectivity index (χ1n) is 7.06. The molecule has 1 heterocycles. The number of hydrogen-bond acceptors (Lipinski definition) is 4. The first-order valence-corrected chi connectivity index (χ1v) is 8.18. The van der Waals surface area contributed by atoms with E-state index >= 15 is 0 Å². The molecule has 0 aliphatic carbocycles. The maximum absolute atomic E-state index is 5.34. The molecule has 0 radical (unpaired) electrons. The standard InChI is InChI=1S/C17H16BrN3O2/c1-22-16-8-7-12(9-17(16)23-2)14-11-21(20-19-14)15-6-4-3-5-13(15)10-18/h3-9,11H,10H2,1-2H3. The summed E-state index contributed by atoms with van der Waals surface area (Å²) >= 11 is 3.50. The monoisotopic (exact) mass is 373 g/mol. The highest BCUT2D eigenvalue weighted by atomic mass is 79.9. The lowest BCUT2D eigenvalue weighted by atomic mass is 10.1. The third-order valence-electron chi connectivity index (χ3n) is 3.56. The van der Waals surface area contributed by atoms with Crippen molar-refractivity contribution in [1.29, 1.82) is 0 Å². The Morgan fingerprint density at radius 2 is 1.83 bits per heavy atom. The van der Waals surface area contributed by atoms with Crippen LogP contribution in [0.15, 0.2) is 48.7 Å². The molecule has 0 unspecified atom stereocenters. The van der Waals surface area contributed by atoms with Crippen molar-refractivity contribution in [3.63, 3.8) is 0 Å². The summed E-state index contributed by atoms with van der Waals surface area (Å²) in [4.78, 5) is 0. The predicted octanol–water partition coefficient (Wildman–Crippen LogP) is 3.85. The topological polar surface area (TPSA) is 49.2 Å². The van der Waals surface area contributed by atoms with Gasteiger partial charge in [-0.2, -0.15) is 0 Å². The molecule has 0 fully saturated rings. The molecule has 6 heteroatoms. The van der Waals surface area contributed by atoms with Gasteiger partial charge in [-0.1, -0.05) is 39.3 Å². The molecule has 0 saturated heterocycles. The number of nitrogens with zero attached hydrogens (tertiary/aromatic N) is 3. The van der Waals surface area contributed by atoms with E-state index in [0.717, 1.165) is 27.8 Å². The van der Waals surface area contributed by atoms with Crippen LogP contribution in [0.2, 0.25) is 0 Å². The maximum Gasteiger partial charge on any atom is 0.161 e. The summed E-state index contributed by atoms with van der Waals surface area (Å²) < 4.78 is 12.4. The van der Waals surface area contributed by atoms with Gasteiger partial charge in [0.1, 0.15) is 5.69 Å². The summed E-state index contributed by atoms with van der Waals surface area (Å²) in [7, 11) is 3.23. The Balaban J connectivity index is 1.99. The molecule has 0 amide bonds. The fourth-order valence-corrected chi connectivity index (χ4v) is 2.83. The van der Waals surface area contributed by atoms with Crippen molar-refractivity contribution in [2.45, 2.75) is 5.33 Å². The van der Waals surface area contributed by atoms with Crippen LogP contribution in [-0.2, 0) is 5.33 Å². The Labute approximate surface area is 143 Å². The average Bonchev–Trinajstić information content (AvgIpc) is 3.11. The largest absolute Gasteiger partial charge is 0.493 e. The Kier molecular flexibility index (Phi) is 4.62. The number of hydrogen-bond donors (Lipinski definition) is 0. The zero-order valence-corrected chi connectivity index (χ0v) is 14.4. The third-order valence-corrected chi connectivity index (χ3v) is 4.16. The molecular formula is C17H16BrN3O2. The van der Waals surface area contributed by atoms with Gasteiger partial charge in [0.15, 0.2) is 11.5 Å². The van der Waals surface area contributed by atoms with Crippen LogP contribution < -0.4 is 9.47 Å². The number of halogens is 1. The summed E-state index contributed by atoms with van der Waals surface area (Å²) in [5.41, 5.74) is 3.85. The minimum atomic E-state index is 0.667. The van der Waals surface area contributed by atoms with E-state index in [2.05, 4.69) is 32.3 Å². The molecule has 3 aromatic rings. The van der Waals surface area contributed by atoms with Crippen molar-refractivity contribution in [2.24, 2.45) is 0 Å². The third kappa shape index (κ3) is 3.07. The van der Waals surface area contributed by atoms with Gasteiger partial charge in [-0.15, -0.1) is 5.10 Å². The van der Waals surface area contributed by atoms with Crippen LogP contribution in [0, 0.1) is 0 Å². The molecular weight excluding hydrogens is 358 g/mol. The minimum Gasteiger partial charge on any atom is -0.493 e.